The molecule has 44 valence electrons. The molecule has 1 unspecified atom stereocenters. The smallest absolute Gasteiger partial charge is 0.0135 e. The van der Waals surface area contributed by atoms with Crippen molar-refractivity contribution in [2.45, 2.75) is 6.42 Å². The van der Waals surface area contributed by atoms with E-state index < -0.39 is 0 Å². The first kappa shape index (κ1) is 4.84. The Morgan fingerprint density at radius 3 is 2.89 bits per heavy atom. The fourth-order valence-electron chi connectivity index (χ4n) is 1.44. The van der Waals surface area contributed by atoms with Gasteiger partial charge in [-0.25, -0.2) is 0 Å². The Morgan fingerprint density at radius 2 is 2.56 bits per heavy atom. The summed E-state index contributed by atoms with van der Waals surface area (Å²) in [5, 5.41) is 0. The van der Waals surface area contributed by atoms with Gasteiger partial charge in [-0.2, -0.15) is 0 Å². The molecule has 0 saturated carbocycles. The fourth-order valence-corrected chi connectivity index (χ4v) is 1.44. The highest BCUT2D eigenvalue weighted by Gasteiger charge is 2.22. The summed E-state index contributed by atoms with van der Waals surface area (Å²) in [6, 6.07) is 0. The highest BCUT2D eigenvalue weighted by Crippen LogP contribution is 2.36. The third-order valence-corrected chi connectivity index (χ3v) is 1.94. The van der Waals surface area contributed by atoms with Crippen LogP contribution in [0.1, 0.15) is 6.42 Å². The Bertz CT molecular complexity index is 247. The molecule has 9 heavy (non-hydrogen) atoms. The highest BCUT2D eigenvalue weighted by atomic mass is 14.3. The Balaban J connectivity index is 2.54. The van der Waals surface area contributed by atoms with Crippen LogP contribution in [0.2, 0.25) is 0 Å². The van der Waals surface area contributed by atoms with Crippen LogP contribution in [0, 0.1) is 5.92 Å². The first-order valence-electron chi connectivity index (χ1n) is 3.19. The van der Waals surface area contributed by atoms with Crippen LogP contribution in [-0.4, -0.2) is 0 Å². The molecule has 0 spiro atoms. The van der Waals surface area contributed by atoms with E-state index in [1.165, 1.54) is 17.6 Å². The average Bonchev–Trinajstić information content (AvgIpc) is 2.45. The molecule has 2 bridgehead atoms. The van der Waals surface area contributed by atoms with Crippen molar-refractivity contribution in [3.05, 3.63) is 41.7 Å². The number of allylic oxidation sites excluding steroid dienone is 5. The Kier molecular flexibility index (Phi) is 0.802. The minimum Gasteiger partial charge on any atom is -0.125 e. The Labute approximate surface area is 54.9 Å². The van der Waals surface area contributed by atoms with E-state index in [2.05, 4.69) is 30.5 Å². The molecule has 2 aliphatic carbocycles. The molecule has 0 aromatic heterocycles. The number of hydrogen-bond acceptors (Lipinski definition) is 0. The molecule has 0 N–H and O–H groups in total. The Hall–Kier alpha value is -1.00. The highest BCUT2D eigenvalue weighted by molar-refractivity contribution is 5.46. The second kappa shape index (κ2) is 1.49. The summed E-state index contributed by atoms with van der Waals surface area (Å²) in [5.41, 5.74) is 5.64. The molecule has 0 heteroatoms. The monoisotopic (exact) mass is 116 g/mol. The standard InChI is InChI=1S/C9H8/c1-2-8-5-7-3-4-9(8)6-7/h3-5,9H,1,6H2. The van der Waals surface area contributed by atoms with E-state index in [0.29, 0.717) is 5.92 Å². The molecule has 0 nitrogen and oxygen atoms in total. The molecule has 1 atom stereocenters. The maximum absolute atomic E-state index is 3.62. The summed E-state index contributed by atoms with van der Waals surface area (Å²) in [7, 11) is 0. The molecule has 0 fully saturated rings. The van der Waals surface area contributed by atoms with Gasteiger partial charge in [0.1, 0.15) is 0 Å². The van der Waals surface area contributed by atoms with Crippen molar-refractivity contribution in [2.75, 3.05) is 0 Å². The zero-order valence-electron chi connectivity index (χ0n) is 5.22. The van der Waals surface area contributed by atoms with Gasteiger partial charge in [0.05, 0.1) is 0 Å². The quantitative estimate of drug-likeness (QED) is 0.426. The molecule has 2 aliphatic rings. The molecule has 0 aliphatic heterocycles. The van der Waals surface area contributed by atoms with Crippen molar-refractivity contribution in [3.8, 4) is 0 Å². The maximum atomic E-state index is 3.62. The summed E-state index contributed by atoms with van der Waals surface area (Å²) < 4.78 is 0. The third-order valence-electron chi connectivity index (χ3n) is 1.94. The SMILES string of the molecule is C=C=C1C=C2C=CC1C2. The largest absolute Gasteiger partial charge is 0.125 e. The lowest BCUT2D eigenvalue weighted by Crippen LogP contribution is -1.86. The summed E-state index contributed by atoms with van der Waals surface area (Å²) >= 11 is 0. The van der Waals surface area contributed by atoms with Crippen LogP contribution in [0.5, 0.6) is 0 Å². The second-order valence-electron chi connectivity index (χ2n) is 2.52. The summed E-state index contributed by atoms with van der Waals surface area (Å²) in [6.07, 6.45) is 7.78. The number of fused-ring (bicyclic) bond motifs is 2. The first-order chi connectivity index (χ1) is 4.40. The van der Waals surface area contributed by atoms with Crippen LogP contribution in [0.3, 0.4) is 0 Å². The molecule has 2 rings (SSSR count). The van der Waals surface area contributed by atoms with Gasteiger partial charge in [0.15, 0.2) is 0 Å². The van der Waals surface area contributed by atoms with Gasteiger partial charge in [0.25, 0.3) is 0 Å². The van der Waals surface area contributed by atoms with Crippen LogP contribution in [0.15, 0.2) is 41.7 Å². The van der Waals surface area contributed by atoms with Gasteiger partial charge in [-0.05, 0) is 18.1 Å². The van der Waals surface area contributed by atoms with Crippen LogP contribution in [0.4, 0.5) is 0 Å². The maximum Gasteiger partial charge on any atom is 0.0135 e. The molecular weight excluding hydrogens is 108 g/mol. The molecule has 0 saturated heterocycles. The van der Waals surface area contributed by atoms with Crippen molar-refractivity contribution >= 4 is 0 Å². The molecular formula is C9H8. The van der Waals surface area contributed by atoms with Gasteiger partial charge in [0, 0.05) is 11.5 Å². The summed E-state index contributed by atoms with van der Waals surface area (Å²) in [4.78, 5) is 0. The fraction of sp³-hybridized carbons (Fsp3) is 0.222. The van der Waals surface area contributed by atoms with Crippen molar-refractivity contribution < 1.29 is 0 Å². The van der Waals surface area contributed by atoms with Crippen molar-refractivity contribution in [3.63, 3.8) is 0 Å². The first-order valence-corrected chi connectivity index (χ1v) is 3.19. The molecule has 0 heterocycles. The van der Waals surface area contributed by atoms with Crippen molar-refractivity contribution in [1.82, 2.24) is 0 Å². The average molecular weight is 116 g/mol. The van der Waals surface area contributed by atoms with Gasteiger partial charge in [-0.15, -0.1) is 5.73 Å². The van der Waals surface area contributed by atoms with E-state index >= 15 is 0 Å². The van der Waals surface area contributed by atoms with E-state index in [1.807, 2.05) is 0 Å². The number of hydrogen-bond donors (Lipinski definition) is 0. The third kappa shape index (κ3) is 0.540. The van der Waals surface area contributed by atoms with Crippen molar-refractivity contribution in [2.24, 2.45) is 5.92 Å². The molecule has 0 aromatic carbocycles. The predicted molar refractivity (Wildman–Crippen MR) is 38.0 cm³/mol. The molecule has 0 radical (unpaired) electrons. The Morgan fingerprint density at radius 1 is 1.67 bits per heavy atom. The summed E-state index contributed by atoms with van der Waals surface area (Å²) in [5.74, 6) is 0.623. The van der Waals surface area contributed by atoms with Crippen molar-refractivity contribution in [1.29, 1.82) is 0 Å². The molecule has 0 aromatic rings. The lowest BCUT2D eigenvalue weighted by Gasteiger charge is -1.98. The van der Waals surface area contributed by atoms with Gasteiger partial charge < -0.3 is 0 Å². The normalized spacial score (nSPS) is 28.7. The zero-order chi connectivity index (χ0) is 6.27. The van der Waals surface area contributed by atoms with Crippen LogP contribution in [0.25, 0.3) is 0 Å². The van der Waals surface area contributed by atoms with Crippen LogP contribution < -0.4 is 0 Å². The minimum absolute atomic E-state index is 0.623. The van der Waals surface area contributed by atoms with Crippen LogP contribution in [-0.2, 0) is 0 Å². The van der Waals surface area contributed by atoms with Crippen LogP contribution >= 0.6 is 0 Å². The molecule has 0 amide bonds. The van der Waals surface area contributed by atoms with Gasteiger partial charge in [-0.1, -0.05) is 18.7 Å². The van der Waals surface area contributed by atoms with E-state index in [4.69, 9.17) is 0 Å². The topological polar surface area (TPSA) is 0 Å². The lowest BCUT2D eigenvalue weighted by atomic mass is 10.1. The lowest BCUT2D eigenvalue weighted by molar-refractivity contribution is 0.850. The van der Waals surface area contributed by atoms with Gasteiger partial charge >= 0.3 is 0 Å². The minimum atomic E-state index is 0.623. The van der Waals surface area contributed by atoms with Gasteiger partial charge in [-0.3, -0.25) is 0 Å². The van der Waals surface area contributed by atoms with Gasteiger partial charge in [0.2, 0.25) is 0 Å². The summed E-state index contributed by atoms with van der Waals surface area (Å²) in [6.45, 7) is 3.62. The van der Waals surface area contributed by atoms with E-state index in [-0.39, 0.29) is 0 Å². The van der Waals surface area contributed by atoms with E-state index in [9.17, 15) is 0 Å². The predicted octanol–water partition coefficient (Wildman–Crippen LogP) is 2.21. The number of rotatable bonds is 0. The second-order valence-corrected chi connectivity index (χ2v) is 2.52. The van der Waals surface area contributed by atoms with E-state index in [0.717, 1.165) is 0 Å². The van der Waals surface area contributed by atoms with E-state index in [1.54, 1.807) is 0 Å². The zero-order valence-corrected chi connectivity index (χ0v) is 5.22.